The third-order valence-corrected chi connectivity index (χ3v) is 6.24. The third kappa shape index (κ3) is 4.03. The van der Waals surface area contributed by atoms with Gasteiger partial charge in [-0.25, -0.2) is 0 Å². The highest BCUT2D eigenvalue weighted by Gasteiger charge is 2.18. The normalized spacial score (nSPS) is 13.1. The van der Waals surface area contributed by atoms with E-state index in [2.05, 4.69) is 29.1 Å². The zero-order valence-electron chi connectivity index (χ0n) is 13.2. The van der Waals surface area contributed by atoms with E-state index in [1.807, 2.05) is 12.1 Å². The van der Waals surface area contributed by atoms with Gasteiger partial charge in [0.15, 0.2) is 10.2 Å². The van der Waals surface area contributed by atoms with Crippen LogP contribution in [0.25, 0.3) is 4.96 Å². The highest BCUT2D eigenvalue weighted by molar-refractivity contribution is 8.00. The van der Waals surface area contributed by atoms with Crippen LogP contribution in [0.1, 0.15) is 37.7 Å². The lowest BCUT2D eigenvalue weighted by atomic mass is 10.0. The van der Waals surface area contributed by atoms with Gasteiger partial charge in [0, 0.05) is 5.75 Å². The quantitative estimate of drug-likeness (QED) is 0.598. The first-order valence-corrected chi connectivity index (χ1v) is 10.0. The molecule has 0 bridgehead atoms. The van der Waals surface area contributed by atoms with Crippen molar-refractivity contribution in [3.05, 3.63) is 39.6 Å². The van der Waals surface area contributed by atoms with Gasteiger partial charge in [0.05, 0.1) is 16.1 Å². The van der Waals surface area contributed by atoms with Crippen LogP contribution < -0.4 is 5.73 Å². The fourth-order valence-corrected chi connectivity index (χ4v) is 4.44. The number of halogens is 2. The van der Waals surface area contributed by atoms with E-state index >= 15 is 0 Å². The summed E-state index contributed by atoms with van der Waals surface area (Å²) in [6, 6.07) is 5.49. The fraction of sp³-hybridized carbons (Fsp3) is 0.400. The van der Waals surface area contributed by atoms with Gasteiger partial charge < -0.3 is 5.73 Å². The maximum Gasteiger partial charge on any atom is 0.235 e. The maximum absolute atomic E-state index is 6.22. The van der Waals surface area contributed by atoms with Crippen LogP contribution in [0.5, 0.6) is 0 Å². The van der Waals surface area contributed by atoms with Crippen molar-refractivity contribution in [2.24, 2.45) is 11.7 Å². The summed E-state index contributed by atoms with van der Waals surface area (Å²) in [7, 11) is 0. The van der Waals surface area contributed by atoms with E-state index in [9.17, 15) is 0 Å². The summed E-state index contributed by atoms with van der Waals surface area (Å²) in [4.78, 5) is 0.765. The lowest BCUT2D eigenvalue weighted by molar-refractivity contribution is 0.485. The van der Waals surface area contributed by atoms with Crippen LogP contribution in [0.2, 0.25) is 10.0 Å². The molecule has 0 aliphatic rings. The van der Waals surface area contributed by atoms with Gasteiger partial charge in [-0.05, 0) is 30.0 Å². The molecule has 0 aliphatic carbocycles. The third-order valence-electron chi connectivity index (χ3n) is 3.40. The molecule has 0 fully saturated rings. The first-order chi connectivity index (χ1) is 11.4. The summed E-state index contributed by atoms with van der Waals surface area (Å²) in [5.41, 5.74) is 7.31. The summed E-state index contributed by atoms with van der Waals surface area (Å²) in [6.07, 6.45) is 0.851. The Morgan fingerprint density at radius 1 is 1.25 bits per heavy atom. The van der Waals surface area contributed by atoms with Crippen LogP contribution in [0.15, 0.2) is 22.5 Å². The molecule has 128 valence electrons. The van der Waals surface area contributed by atoms with Crippen molar-refractivity contribution in [2.45, 2.75) is 36.4 Å². The van der Waals surface area contributed by atoms with Crippen LogP contribution >= 0.6 is 46.3 Å². The van der Waals surface area contributed by atoms with Gasteiger partial charge >= 0.3 is 0 Å². The van der Waals surface area contributed by atoms with Gasteiger partial charge in [-0.3, -0.25) is 0 Å². The summed E-state index contributed by atoms with van der Waals surface area (Å²) in [5, 5.41) is 14.1. The van der Waals surface area contributed by atoms with E-state index in [-0.39, 0.29) is 6.04 Å². The predicted octanol–water partition coefficient (Wildman–Crippen LogP) is 4.83. The molecule has 0 amide bonds. The van der Waals surface area contributed by atoms with Crippen molar-refractivity contribution in [2.75, 3.05) is 0 Å². The molecule has 24 heavy (non-hydrogen) atoms. The average molecular weight is 402 g/mol. The molecule has 2 aromatic heterocycles. The van der Waals surface area contributed by atoms with E-state index in [1.54, 1.807) is 22.3 Å². The summed E-state index contributed by atoms with van der Waals surface area (Å²) in [5.74, 6) is 1.97. The van der Waals surface area contributed by atoms with Gasteiger partial charge in [-0.1, -0.05) is 66.2 Å². The Morgan fingerprint density at radius 3 is 2.75 bits per heavy atom. The molecular weight excluding hydrogens is 385 g/mol. The van der Waals surface area contributed by atoms with Crippen LogP contribution in [0.4, 0.5) is 0 Å². The molecule has 0 aliphatic heterocycles. The molecule has 1 atom stereocenters. The molecule has 2 heterocycles. The van der Waals surface area contributed by atoms with Gasteiger partial charge in [0.1, 0.15) is 0 Å². The zero-order chi connectivity index (χ0) is 17.3. The molecule has 2 N–H and O–H groups in total. The smallest absolute Gasteiger partial charge is 0.235 e. The lowest BCUT2D eigenvalue weighted by Gasteiger charge is -2.10. The summed E-state index contributed by atoms with van der Waals surface area (Å²) < 4.78 is 2.68. The first-order valence-electron chi connectivity index (χ1n) is 7.48. The van der Waals surface area contributed by atoms with Gasteiger partial charge in [0.2, 0.25) is 4.96 Å². The Balaban J connectivity index is 1.74. The number of aromatic nitrogens is 4. The van der Waals surface area contributed by atoms with E-state index in [1.165, 1.54) is 11.3 Å². The van der Waals surface area contributed by atoms with E-state index in [4.69, 9.17) is 28.9 Å². The number of nitrogens with two attached hydrogens (primary N) is 1. The standard InChI is InChI=1S/C15H17Cl2N5S2/c1-8(2)5-12(18)13-19-20-14-22(13)21-15(24-14)23-7-9-3-4-10(16)11(17)6-9/h3-4,6,8,12H,5,7,18H2,1-2H3/t12-/m0/s1. The summed E-state index contributed by atoms with van der Waals surface area (Å²) >= 11 is 15.1. The Labute approximate surface area is 158 Å². The number of benzene rings is 1. The Morgan fingerprint density at radius 2 is 2.04 bits per heavy atom. The molecule has 9 heteroatoms. The minimum absolute atomic E-state index is 0.157. The van der Waals surface area contributed by atoms with Crippen molar-refractivity contribution in [3.8, 4) is 0 Å². The maximum atomic E-state index is 6.22. The molecular formula is C15H17Cl2N5S2. The van der Waals surface area contributed by atoms with Crippen LogP contribution in [0, 0.1) is 5.92 Å². The van der Waals surface area contributed by atoms with Gasteiger partial charge in [-0.2, -0.15) is 4.52 Å². The Hall–Kier alpha value is -0.860. The second kappa shape index (κ2) is 7.58. The minimum atomic E-state index is -0.157. The topological polar surface area (TPSA) is 69.1 Å². The average Bonchev–Trinajstić information content (AvgIpc) is 3.07. The number of rotatable bonds is 6. The molecule has 0 spiro atoms. The number of hydrogen-bond donors (Lipinski definition) is 1. The van der Waals surface area contributed by atoms with Crippen molar-refractivity contribution >= 4 is 51.3 Å². The predicted molar refractivity (Wildman–Crippen MR) is 101 cm³/mol. The Bertz CT molecular complexity index is 846. The molecule has 0 unspecified atom stereocenters. The van der Waals surface area contributed by atoms with Gasteiger partial charge in [-0.15, -0.1) is 15.3 Å². The minimum Gasteiger partial charge on any atom is -0.321 e. The Kier molecular flexibility index (Phi) is 5.66. The highest BCUT2D eigenvalue weighted by atomic mass is 35.5. The molecule has 1 aromatic carbocycles. The number of thioether (sulfide) groups is 1. The van der Waals surface area contributed by atoms with Crippen molar-refractivity contribution < 1.29 is 0 Å². The van der Waals surface area contributed by atoms with Crippen LogP contribution in [0.3, 0.4) is 0 Å². The molecule has 0 saturated heterocycles. The van der Waals surface area contributed by atoms with Crippen LogP contribution in [-0.2, 0) is 5.75 Å². The van der Waals surface area contributed by atoms with Gasteiger partial charge in [0.25, 0.3) is 0 Å². The second-order valence-corrected chi connectivity index (χ2v) is 8.89. The molecule has 3 aromatic rings. The van der Waals surface area contributed by atoms with Crippen molar-refractivity contribution in [1.29, 1.82) is 0 Å². The zero-order valence-corrected chi connectivity index (χ0v) is 16.4. The second-order valence-electron chi connectivity index (χ2n) is 5.89. The molecule has 0 saturated carbocycles. The van der Waals surface area contributed by atoms with Crippen molar-refractivity contribution in [3.63, 3.8) is 0 Å². The highest BCUT2D eigenvalue weighted by Crippen LogP contribution is 2.31. The lowest BCUT2D eigenvalue weighted by Crippen LogP contribution is -2.16. The summed E-state index contributed by atoms with van der Waals surface area (Å²) in [6.45, 7) is 4.27. The number of hydrogen-bond acceptors (Lipinski definition) is 6. The largest absolute Gasteiger partial charge is 0.321 e. The number of fused-ring (bicyclic) bond motifs is 1. The molecule has 3 rings (SSSR count). The fourth-order valence-electron chi connectivity index (χ4n) is 2.29. The van der Waals surface area contributed by atoms with Crippen LogP contribution in [-0.4, -0.2) is 19.8 Å². The number of nitrogens with zero attached hydrogens (tertiary/aromatic N) is 4. The van der Waals surface area contributed by atoms with E-state index < -0.39 is 0 Å². The van der Waals surface area contributed by atoms with Crippen molar-refractivity contribution in [1.82, 2.24) is 19.8 Å². The molecule has 5 nitrogen and oxygen atoms in total. The molecule has 0 radical (unpaired) electrons. The first kappa shape index (κ1) is 17.9. The monoisotopic (exact) mass is 401 g/mol. The SMILES string of the molecule is CC(C)C[C@H](N)c1nnc2sc(SCc3ccc(Cl)c(Cl)c3)nn12. The van der Waals surface area contributed by atoms with E-state index in [0.29, 0.717) is 16.0 Å². The van der Waals surface area contributed by atoms with E-state index in [0.717, 1.165) is 32.9 Å².